The Morgan fingerprint density at radius 3 is 2.90 bits per heavy atom. The number of H-pyrrole nitrogens is 1. The minimum atomic E-state index is -1.16. The second-order valence-corrected chi connectivity index (χ2v) is 3.87. The van der Waals surface area contributed by atoms with E-state index in [0.29, 0.717) is 5.69 Å². The Morgan fingerprint density at radius 1 is 1.55 bits per heavy atom. The molecule has 0 aliphatic heterocycles. The van der Waals surface area contributed by atoms with Gasteiger partial charge in [-0.05, 0) is 5.21 Å². The Bertz CT molecular complexity index is 592. The van der Waals surface area contributed by atoms with Crippen LogP contribution in [0, 0.1) is 0 Å². The number of aliphatic carboxylic acids is 1. The lowest BCUT2D eigenvalue weighted by atomic mass is 10.2. The van der Waals surface area contributed by atoms with Crippen molar-refractivity contribution in [2.75, 3.05) is 5.32 Å². The van der Waals surface area contributed by atoms with Gasteiger partial charge in [-0.25, -0.2) is 14.6 Å². The van der Waals surface area contributed by atoms with Crippen molar-refractivity contribution in [3.63, 3.8) is 0 Å². The van der Waals surface area contributed by atoms with Gasteiger partial charge in [-0.15, -0.1) is 5.10 Å². The fourth-order valence-corrected chi connectivity index (χ4v) is 1.45. The van der Waals surface area contributed by atoms with Crippen molar-refractivity contribution in [1.29, 1.82) is 0 Å². The van der Waals surface area contributed by atoms with Gasteiger partial charge in [0.2, 0.25) is 0 Å². The van der Waals surface area contributed by atoms with E-state index in [9.17, 15) is 9.59 Å². The summed E-state index contributed by atoms with van der Waals surface area (Å²) in [6, 6.07) is -1.84. The molecule has 0 saturated heterocycles. The van der Waals surface area contributed by atoms with Gasteiger partial charge in [0.1, 0.15) is 6.04 Å². The van der Waals surface area contributed by atoms with Crippen molar-refractivity contribution in [2.45, 2.75) is 12.5 Å². The van der Waals surface area contributed by atoms with Gasteiger partial charge in [-0.2, -0.15) is 4.80 Å². The topological polar surface area (TPSA) is 151 Å². The van der Waals surface area contributed by atoms with Crippen molar-refractivity contribution < 1.29 is 14.7 Å². The van der Waals surface area contributed by atoms with Crippen molar-refractivity contribution in [3.8, 4) is 0 Å². The number of amides is 2. The number of aromatic amines is 1. The molecular weight excluding hydrogens is 268 g/mol. The van der Waals surface area contributed by atoms with Gasteiger partial charge in [0.25, 0.3) is 5.95 Å². The number of tetrazole rings is 1. The molecule has 2 amide bonds. The molecule has 11 heteroatoms. The number of carboxylic acids is 1. The summed E-state index contributed by atoms with van der Waals surface area (Å²) in [7, 11) is 1.54. The SMILES string of the molecule is Cn1nnc(NC(=O)N[C@@H](Cc2cnc[nH]2)C(=O)O)n1. The summed E-state index contributed by atoms with van der Waals surface area (Å²) >= 11 is 0. The van der Waals surface area contributed by atoms with Crippen molar-refractivity contribution in [2.24, 2.45) is 7.05 Å². The summed E-state index contributed by atoms with van der Waals surface area (Å²) in [5.74, 6) is -1.18. The van der Waals surface area contributed by atoms with Crippen LogP contribution in [-0.4, -0.2) is 53.3 Å². The molecule has 20 heavy (non-hydrogen) atoms. The number of hydrogen-bond donors (Lipinski definition) is 4. The fraction of sp³-hybridized carbons (Fsp3) is 0.333. The highest BCUT2D eigenvalue weighted by Crippen LogP contribution is 2.00. The second kappa shape index (κ2) is 5.77. The zero-order valence-corrected chi connectivity index (χ0v) is 10.4. The van der Waals surface area contributed by atoms with E-state index in [4.69, 9.17) is 5.11 Å². The number of carbonyl (C=O) groups is 2. The maximum atomic E-state index is 11.6. The first-order valence-electron chi connectivity index (χ1n) is 5.56. The van der Waals surface area contributed by atoms with E-state index in [2.05, 4.69) is 36.0 Å². The maximum Gasteiger partial charge on any atom is 0.326 e. The molecule has 0 radical (unpaired) electrons. The number of imidazole rings is 1. The first-order valence-corrected chi connectivity index (χ1v) is 5.56. The highest BCUT2D eigenvalue weighted by Gasteiger charge is 2.21. The molecule has 2 aromatic heterocycles. The van der Waals surface area contributed by atoms with E-state index in [1.54, 1.807) is 0 Å². The Labute approximate surface area is 112 Å². The molecule has 0 unspecified atom stereocenters. The highest BCUT2D eigenvalue weighted by molar-refractivity contribution is 5.90. The third kappa shape index (κ3) is 3.51. The van der Waals surface area contributed by atoms with Crippen LogP contribution in [0.5, 0.6) is 0 Å². The predicted molar refractivity (Wildman–Crippen MR) is 64.7 cm³/mol. The number of nitrogens with one attached hydrogen (secondary N) is 3. The van der Waals surface area contributed by atoms with Gasteiger partial charge in [0, 0.05) is 18.3 Å². The Balaban J connectivity index is 1.94. The van der Waals surface area contributed by atoms with Gasteiger partial charge >= 0.3 is 12.0 Å². The normalized spacial score (nSPS) is 11.8. The third-order valence-electron chi connectivity index (χ3n) is 2.32. The van der Waals surface area contributed by atoms with Crippen LogP contribution >= 0.6 is 0 Å². The molecule has 2 aromatic rings. The summed E-state index contributed by atoms with van der Waals surface area (Å²) in [4.78, 5) is 30.4. The number of urea groups is 1. The van der Waals surface area contributed by atoms with Crippen LogP contribution in [0.25, 0.3) is 0 Å². The predicted octanol–water partition coefficient (Wildman–Crippen LogP) is -1.25. The zero-order valence-electron chi connectivity index (χ0n) is 10.4. The lowest BCUT2D eigenvalue weighted by molar-refractivity contribution is -0.139. The molecule has 0 aromatic carbocycles. The van der Waals surface area contributed by atoms with Gasteiger partial charge in [0.05, 0.1) is 13.4 Å². The van der Waals surface area contributed by atoms with Crippen molar-refractivity contribution in [3.05, 3.63) is 18.2 Å². The van der Waals surface area contributed by atoms with Crippen LogP contribution in [-0.2, 0) is 18.3 Å². The zero-order chi connectivity index (χ0) is 14.5. The standard InChI is InChI=1S/C9H12N8O3/c1-17-15-8(14-16-17)13-9(20)12-6(7(18)19)2-5-3-10-4-11-5/h3-4,6H,2H2,1H3,(H,10,11)(H,18,19)(H2,12,13,15,20)/t6-/m0/s1. The molecule has 0 saturated carbocycles. The molecule has 0 aliphatic rings. The minimum Gasteiger partial charge on any atom is -0.480 e. The van der Waals surface area contributed by atoms with E-state index in [0.717, 1.165) is 4.80 Å². The number of aromatic nitrogens is 6. The summed E-state index contributed by atoms with van der Waals surface area (Å²) in [6.07, 6.45) is 2.99. The quantitative estimate of drug-likeness (QED) is 0.534. The minimum absolute atomic E-state index is 0.0179. The Morgan fingerprint density at radius 2 is 2.35 bits per heavy atom. The molecule has 11 nitrogen and oxygen atoms in total. The number of carbonyl (C=O) groups excluding carboxylic acids is 1. The highest BCUT2D eigenvalue weighted by atomic mass is 16.4. The van der Waals surface area contributed by atoms with E-state index in [-0.39, 0.29) is 12.4 Å². The largest absolute Gasteiger partial charge is 0.480 e. The third-order valence-corrected chi connectivity index (χ3v) is 2.32. The lowest BCUT2D eigenvalue weighted by Crippen LogP contribution is -2.44. The monoisotopic (exact) mass is 280 g/mol. The molecule has 106 valence electrons. The van der Waals surface area contributed by atoms with Crippen molar-refractivity contribution in [1.82, 2.24) is 35.5 Å². The van der Waals surface area contributed by atoms with Crippen LogP contribution < -0.4 is 10.6 Å². The van der Waals surface area contributed by atoms with Gasteiger partial charge in [0.15, 0.2) is 0 Å². The van der Waals surface area contributed by atoms with E-state index < -0.39 is 18.0 Å². The number of aryl methyl sites for hydroxylation is 1. The number of hydrogen-bond acceptors (Lipinski definition) is 6. The van der Waals surface area contributed by atoms with Gasteiger partial charge in [-0.3, -0.25) is 5.32 Å². The number of rotatable bonds is 5. The second-order valence-electron chi connectivity index (χ2n) is 3.87. The molecule has 2 heterocycles. The van der Waals surface area contributed by atoms with Crippen LogP contribution in [0.4, 0.5) is 10.7 Å². The summed E-state index contributed by atoms with van der Waals surface area (Å²) in [5, 5.41) is 24.5. The summed E-state index contributed by atoms with van der Waals surface area (Å²) in [6.45, 7) is 0. The summed E-state index contributed by atoms with van der Waals surface area (Å²) < 4.78 is 0. The molecule has 0 aliphatic carbocycles. The smallest absolute Gasteiger partial charge is 0.326 e. The van der Waals surface area contributed by atoms with Crippen LogP contribution in [0.3, 0.4) is 0 Å². The molecule has 2 rings (SSSR count). The average molecular weight is 280 g/mol. The van der Waals surface area contributed by atoms with Crippen LogP contribution in [0.1, 0.15) is 5.69 Å². The molecule has 0 spiro atoms. The lowest BCUT2D eigenvalue weighted by Gasteiger charge is -2.13. The van der Waals surface area contributed by atoms with Crippen LogP contribution in [0.2, 0.25) is 0 Å². The molecule has 4 N–H and O–H groups in total. The number of nitrogens with zero attached hydrogens (tertiary/aromatic N) is 5. The Kier molecular flexibility index (Phi) is 3.88. The van der Waals surface area contributed by atoms with E-state index in [1.807, 2.05) is 0 Å². The van der Waals surface area contributed by atoms with Crippen molar-refractivity contribution >= 4 is 17.9 Å². The molecule has 1 atom stereocenters. The maximum absolute atomic E-state index is 11.6. The van der Waals surface area contributed by atoms with Crippen LogP contribution in [0.15, 0.2) is 12.5 Å². The Hall–Kier alpha value is -2.98. The first kappa shape index (κ1) is 13.5. The molecule has 0 fully saturated rings. The number of carboxylic acid groups (broad SMARTS) is 1. The average Bonchev–Trinajstić information content (AvgIpc) is 3.00. The van der Waals surface area contributed by atoms with Gasteiger partial charge in [-0.1, -0.05) is 5.10 Å². The molecule has 0 bridgehead atoms. The van der Waals surface area contributed by atoms with E-state index in [1.165, 1.54) is 19.6 Å². The fourth-order valence-electron chi connectivity index (χ4n) is 1.45. The summed E-state index contributed by atoms with van der Waals surface area (Å²) in [5.41, 5.74) is 0.593. The van der Waals surface area contributed by atoms with E-state index >= 15 is 0 Å². The number of anilines is 1. The van der Waals surface area contributed by atoms with Gasteiger partial charge < -0.3 is 15.4 Å². The molecular formula is C9H12N8O3. The first-order chi connectivity index (χ1) is 9.54.